The van der Waals surface area contributed by atoms with Crippen LogP contribution in [0.3, 0.4) is 0 Å². The van der Waals surface area contributed by atoms with Crippen LogP contribution in [0.1, 0.15) is 12.0 Å². The average molecular weight is 287 g/mol. The van der Waals surface area contributed by atoms with E-state index in [-0.39, 0.29) is 0 Å². The monoisotopic (exact) mass is 287 g/mol. The van der Waals surface area contributed by atoms with Gasteiger partial charge in [-0.3, -0.25) is 0 Å². The Kier molecular flexibility index (Phi) is 5.91. The fourth-order valence-electron chi connectivity index (χ4n) is 1.92. The normalized spacial score (nSPS) is 10.2. The second-order valence-corrected chi connectivity index (χ2v) is 4.54. The first-order valence-corrected chi connectivity index (χ1v) is 7.01. The van der Waals surface area contributed by atoms with Crippen molar-refractivity contribution in [3.63, 3.8) is 0 Å². The molecule has 2 aromatic carbocycles. The smallest absolute Gasteiger partial charge is 0.123 e. The number of benzene rings is 2. The van der Waals surface area contributed by atoms with Crippen LogP contribution < -0.4 is 19.9 Å². The largest absolute Gasteiger partial charge is 0.497 e. The van der Waals surface area contributed by atoms with Crippen LogP contribution in [0.25, 0.3) is 0 Å². The summed E-state index contributed by atoms with van der Waals surface area (Å²) < 4.78 is 16.5. The number of nitrogens with two attached hydrogens (primary N) is 1. The topological polar surface area (TPSA) is 53.7 Å². The first kappa shape index (κ1) is 15.2. The summed E-state index contributed by atoms with van der Waals surface area (Å²) in [4.78, 5) is 0. The van der Waals surface area contributed by atoms with Gasteiger partial charge in [0, 0.05) is 18.5 Å². The van der Waals surface area contributed by atoms with Crippen molar-refractivity contribution in [1.29, 1.82) is 0 Å². The van der Waals surface area contributed by atoms with Gasteiger partial charge in [0.1, 0.15) is 17.2 Å². The van der Waals surface area contributed by atoms with Crippen LogP contribution in [0.15, 0.2) is 48.5 Å². The molecule has 4 nitrogen and oxygen atoms in total. The molecule has 0 saturated carbocycles. The molecular weight excluding hydrogens is 266 g/mol. The van der Waals surface area contributed by atoms with Gasteiger partial charge >= 0.3 is 0 Å². The molecule has 0 spiro atoms. The second-order valence-electron chi connectivity index (χ2n) is 4.54. The fraction of sp³-hybridized carbons (Fsp3) is 0.294. The molecule has 0 aliphatic rings. The molecule has 0 saturated heterocycles. The lowest BCUT2D eigenvalue weighted by atomic mass is 10.2. The molecule has 0 fully saturated rings. The van der Waals surface area contributed by atoms with Crippen LogP contribution in [0.4, 0.5) is 0 Å². The van der Waals surface area contributed by atoms with E-state index in [1.807, 2.05) is 48.5 Å². The molecule has 0 atom stereocenters. The minimum absolute atomic E-state index is 0.485. The third-order valence-corrected chi connectivity index (χ3v) is 3.07. The quantitative estimate of drug-likeness (QED) is 0.758. The van der Waals surface area contributed by atoms with Gasteiger partial charge in [-0.2, -0.15) is 0 Å². The summed E-state index contributed by atoms with van der Waals surface area (Å²) in [6, 6.07) is 15.4. The van der Waals surface area contributed by atoms with Crippen LogP contribution in [-0.2, 0) is 6.54 Å². The van der Waals surface area contributed by atoms with Crippen molar-refractivity contribution in [3.8, 4) is 17.2 Å². The molecule has 0 aliphatic heterocycles. The molecule has 0 heterocycles. The third kappa shape index (κ3) is 4.68. The second kappa shape index (κ2) is 8.17. The van der Waals surface area contributed by atoms with Crippen LogP contribution in [0.2, 0.25) is 0 Å². The Bertz CT molecular complexity index is 540. The number of ether oxygens (including phenoxy) is 3. The van der Waals surface area contributed by atoms with Crippen LogP contribution in [0, 0.1) is 0 Å². The van der Waals surface area contributed by atoms with E-state index in [0.717, 1.165) is 29.2 Å². The molecule has 0 aromatic heterocycles. The van der Waals surface area contributed by atoms with E-state index in [2.05, 4.69) is 0 Å². The molecule has 0 bridgehead atoms. The number of hydrogen-bond acceptors (Lipinski definition) is 4. The lowest BCUT2D eigenvalue weighted by Gasteiger charge is -2.11. The van der Waals surface area contributed by atoms with Gasteiger partial charge < -0.3 is 19.9 Å². The maximum absolute atomic E-state index is 5.72. The summed E-state index contributed by atoms with van der Waals surface area (Å²) in [5.74, 6) is 2.51. The van der Waals surface area contributed by atoms with E-state index >= 15 is 0 Å². The Hall–Kier alpha value is -2.20. The SMILES string of the molecule is COc1ccc(OCCCOc2ccccc2CN)cc1. The first-order valence-electron chi connectivity index (χ1n) is 7.01. The fourth-order valence-corrected chi connectivity index (χ4v) is 1.92. The van der Waals surface area contributed by atoms with E-state index in [1.54, 1.807) is 7.11 Å². The molecule has 0 amide bonds. The number of rotatable bonds is 8. The predicted molar refractivity (Wildman–Crippen MR) is 82.9 cm³/mol. The van der Waals surface area contributed by atoms with Crippen molar-refractivity contribution in [2.45, 2.75) is 13.0 Å². The molecule has 112 valence electrons. The highest BCUT2D eigenvalue weighted by atomic mass is 16.5. The van der Waals surface area contributed by atoms with Gasteiger partial charge in [0.05, 0.1) is 20.3 Å². The number of methoxy groups -OCH3 is 1. The summed E-state index contributed by atoms with van der Waals surface area (Å²) in [7, 11) is 1.65. The van der Waals surface area contributed by atoms with Crippen molar-refractivity contribution in [3.05, 3.63) is 54.1 Å². The van der Waals surface area contributed by atoms with Gasteiger partial charge in [-0.05, 0) is 30.3 Å². The van der Waals surface area contributed by atoms with Gasteiger partial charge in [-0.15, -0.1) is 0 Å². The lowest BCUT2D eigenvalue weighted by Crippen LogP contribution is -2.07. The third-order valence-electron chi connectivity index (χ3n) is 3.07. The summed E-state index contributed by atoms with van der Waals surface area (Å²) in [5, 5.41) is 0. The van der Waals surface area contributed by atoms with Crippen molar-refractivity contribution < 1.29 is 14.2 Å². The van der Waals surface area contributed by atoms with E-state index < -0.39 is 0 Å². The average Bonchev–Trinajstić information content (AvgIpc) is 2.55. The molecule has 2 aromatic rings. The van der Waals surface area contributed by atoms with Crippen LogP contribution >= 0.6 is 0 Å². The Morgan fingerprint density at radius 3 is 2.24 bits per heavy atom. The summed E-state index contributed by atoms with van der Waals surface area (Å²) in [5.41, 5.74) is 6.69. The van der Waals surface area contributed by atoms with Crippen molar-refractivity contribution in [2.24, 2.45) is 5.73 Å². The van der Waals surface area contributed by atoms with Crippen molar-refractivity contribution in [2.75, 3.05) is 20.3 Å². The highest BCUT2D eigenvalue weighted by Crippen LogP contribution is 2.18. The van der Waals surface area contributed by atoms with Crippen LogP contribution in [0.5, 0.6) is 17.2 Å². The van der Waals surface area contributed by atoms with Crippen LogP contribution in [-0.4, -0.2) is 20.3 Å². The molecule has 0 radical (unpaired) electrons. The Balaban J connectivity index is 1.70. The molecule has 2 rings (SSSR count). The molecule has 4 heteroatoms. The Labute approximate surface area is 125 Å². The van der Waals surface area contributed by atoms with Crippen molar-refractivity contribution in [1.82, 2.24) is 0 Å². The minimum atomic E-state index is 0.485. The van der Waals surface area contributed by atoms with E-state index in [1.165, 1.54) is 0 Å². The maximum atomic E-state index is 5.72. The van der Waals surface area contributed by atoms with E-state index in [4.69, 9.17) is 19.9 Å². The summed E-state index contributed by atoms with van der Waals surface area (Å²) in [6.45, 7) is 1.70. The highest BCUT2D eigenvalue weighted by Gasteiger charge is 2.01. The Morgan fingerprint density at radius 2 is 1.52 bits per heavy atom. The van der Waals surface area contributed by atoms with Gasteiger partial charge in [0.15, 0.2) is 0 Å². The zero-order valence-electron chi connectivity index (χ0n) is 12.2. The van der Waals surface area contributed by atoms with Gasteiger partial charge in [-0.25, -0.2) is 0 Å². The summed E-state index contributed by atoms with van der Waals surface area (Å²) in [6.07, 6.45) is 0.810. The maximum Gasteiger partial charge on any atom is 0.123 e. The van der Waals surface area contributed by atoms with Gasteiger partial charge in [0.25, 0.3) is 0 Å². The van der Waals surface area contributed by atoms with Gasteiger partial charge in [0.2, 0.25) is 0 Å². The van der Waals surface area contributed by atoms with E-state index in [9.17, 15) is 0 Å². The molecule has 21 heavy (non-hydrogen) atoms. The molecule has 2 N–H and O–H groups in total. The standard InChI is InChI=1S/C17H21NO3/c1-19-15-7-9-16(10-8-15)20-11-4-12-21-17-6-3-2-5-14(17)13-18/h2-3,5-10H,4,11-13,18H2,1H3. The highest BCUT2D eigenvalue weighted by molar-refractivity contribution is 5.33. The van der Waals surface area contributed by atoms with Gasteiger partial charge in [-0.1, -0.05) is 18.2 Å². The Morgan fingerprint density at radius 1 is 0.857 bits per heavy atom. The zero-order chi connectivity index (χ0) is 14.9. The lowest BCUT2D eigenvalue weighted by molar-refractivity contribution is 0.246. The first-order chi connectivity index (χ1) is 10.3. The zero-order valence-corrected chi connectivity index (χ0v) is 12.2. The molecule has 0 aliphatic carbocycles. The summed E-state index contributed by atoms with van der Waals surface area (Å²) >= 11 is 0. The van der Waals surface area contributed by atoms with E-state index in [0.29, 0.717) is 19.8 Å². The molecule has 0 unspecified atom stereocenters. The number of hydrogen-bond donors (Lipinski definition) is 1. The predicted octanol–water partition coefficient (Wildman–Crippen LogP) is 3.00. The number of para-hydroxylation sites is 1. The molecular formula is C17H21NO3. The minimum Gasteiger partial charge on any atom is -0.497 e. The van der Waals surface area contributed by atoms with Crippen molar-refractivity contribution >= 4 is 0 Å².